The van der Waals surface area contributed by atoms with Crippen LogP contribution in [0.3, 0.4) is 0 Å². The molecule has 1 aliphatic heterocycles. The van der Waals surface area contributed by atoms with Crippen LogP contribution in [0.1, 0.15) is 29.8 Å². The standard InChI is InChI=1S/C17H24N2O4/c1-11-5-6-14(17(21)22-4)7-15(11)18-16(20)10-19-8-12(2)23-13(3)9-19/h5-7,12-13H,8-10H2,1-4H3,(H,18,20)/t12-,13+. The van der Waals surface area contributed by atoms with Crippen molar-refractivity contribution >= 4 is 17.6 Å². The Bertz CT molecular complexity index is 578. The van der Waals surface area contributed by atoms with Crippen LogP contribution in [0.15, 0.2) is 18.2 Å². The fourth-order valence-corrected chi connectivity index (χ4v) is 2.81. The van der Waals surface area contributed by atoms with Crippen LogP contribution in [-0.4, -0.2) is 55.7 Å². The second kappa shape index (κ2) is 7.57. The third-order valence-corrected chi connectivity index (χ3v) is 3.80. The molecule has 1 aromatic carbocycles. The number of hydrogen-bond donors (Lipinski definition) is 1. The zero-order valence-corrected chi connectivity index (χ0v) is 14.1. The molecule has 1 heterocycles. The highest BCUT2D eigenvalue weighted by atomic mass is 16.5. The normalized spacial score (nSPS) is 21.7. The van der Waals surface area contributed by atoms with Gasteiger partial charge < -0.3 is 14.8 Å². The molecule has 0 radical (unpaired) electrons. The molecule has 1 saturated heterocycles. The second-order valence-corrected chi connectivity index (χ2v) is 6.02. The fraction of sp³-hybridized carbons (Fsp3) is 0.529. The second-order valence-electron chi connectivity index (χ2n) is 6.02. The van der Waals surface area contributed by atoms with Gasteiger partial charge in [-0.3, -0.25) is 9.69 Å². The monoisotopic (exact) mass is 320 g/mol. The summed E-state index contributed by atoms with van der Waals surface area (Å²) in [5.41, 5.74) is 1.95. The summed E-state index contributed by atoms with van der Waals surface area (Å²) < 4.78 is 10.4. The van der Waals surface area contributed by atoms with Gasteiger partial charge in [0.1, 0.15) is 0 Å². The maximum absolute atomic E-state index is 12.3. The number of morpholine rings is 1. The Morgan fingerprint density at radius 1 is 1.30 bits per heavy atom. The van der Waals surface area contributed by atoms with Crippen LogP contribution < -0.4 is 5.32 Å². The fourth-order valence-electron chi connectivity index (χ4n) is 2.81. The first kappa shape index (κ1) is 17.4. The SMILES string of the molecule is COC(=O)c1ccc(C)c(NC(=O)CN2C[C@@H](C)O[C@@H](C)C2)c1. The molecule has 0 unspecified atom stereocenters. The summed E-state index contributed by atoms with van der Waals surface area (Å²) in [5.74, 6) is -0.521. The number of anilines is 1. The number of nitrogens with zero attached hydrogens (tertiary/aromatic N) is 1. The molecule has 1 N–H and O–H groups in total. The summed E-state index contributed by atoms with van der Waals surface area (Å²) in [6, 6.07) is 5.12. The lowest BCUT2D eigenvalue weighted by Gasteiger charge is -2.34. The van der Waals surface area contributed by atoms with E-state index >= 15 is 0 Å². The smallest absolute Gasteiger partial charge is 0.337 e. The maximum Gasteiger partial charge on any atom is 0.337 e. The van der Waals surface area contributed by atoms with Crippen LogP contribution in [0.4, 0.5) is 5.69 Å². The number of carbonyl (C=O) groups excluding carboxylic acids is 2. The van der Waals surface area contributed by atoms with Gasteiger partial charge in [0.2, 0.25) is 5.91 Å². The maximum atomic E-state index is 12.3. The summed E-state index contributed by atoms with van der Waals surface area (Å²) >= 11 is 0. The summed E-state index contributed by atoms with van der Waals surface area (Å²) in [5, 5.41) is 2.88. The van der Waals surface area contributed by atoms with Gasteiger partial charge in [0.15, 0.2) is 0 Å². The van der Waals surface area contributed by atoms with Crippen molar-refractivity contribution in [3.8, 4) is 0 Å². The summed E-state index contributed by atoms with van der Waals surface area (Å²) in [7, 11) is 1.33. The predicted octanol–water partition coefficient (Wildman–Crippen LogP) is 1.83. The molecule has 0 saturated carbocycles. The zero-order valence-electron chi connectivity index (χ0n) is 14.1. The Morgan fingerprint density at radius 2 is 1.96 bits per heavy atom. The van der Waals surface area contributed by atoms with Gasteiger partial charge in [0.05, 0.1) is 31.4 Å². The van der Waals surface area contributed by atoms with Crippen molar-refractivity contribution in [2.75, 3.05) is 32.1 Å². The number of benzene rings is 1. The molecular formula is C17H24N2O4. The van der Waals surface area contributed by atoms with Crippen molar-refractivity contribution in [2.24, 2.45) is 0 Å². The van der Waals surface area contributed by atoms with Gasteiger partial charge >= 0.3 is 5.97 Å². The van der Waals surface area contributed by atoms with Crippen LogP contribution in [-0.2, 0) is 14.3 Å². The third kappa shape index (κ3) is 4.77. The van der Waals surface area contributed by atoms with E-state index in [4.69, 9.17) is 9.47 Å². The third-order valence-electron chi connectivity index (χ3n) is 3.80. The van der Waals surface area contributed by atoms with E-state index in [9.17, 15) is 9.59 Å². The summed E-state index contributed by atoms with van der Waals surface area (Å²) in [4.78, 5) is 26.0. The topological polar surface area (TPSA) is 67.9 Å². The Hall–Kier alpha value is -1.92. The molecule has 0 aromatic heterocycles. The zero-order chi connectivity index (χ0) is 17.0. The molecule has 1 aliphatic rings. The number of amides is 1. The van der Waals surface area contributed by atoms with E-state index in [2.05, 4.69) is 10.2 Å². The van der Waals surface area contributed by atoms with Gasteiger partial charge in [-0.25, -0.2) is 4.79 Å². The van der Waals surface area contributed by atoms with E-state index in [1.807, 2.05) is 20.8 Å². The van der Waals surface area contributed by atoms with Gasteiger partial charge in [0, 0.05) is 18.8 Å². The van der Waals surface area contributed by atoms with Crippen molar-refractivity contribution in [2.45, 2.75) is 33.0 Å². The van der Waals surface area contributed by atoms with E-state index in [0.29, 0.717) is 17.8 Å². The molecule has 2 rings (SSSR count). The van der Waals surface area contributed by atoms with Gasteiger partial charge in [0.25, 0.3) is 0 Å². The average molecular weight is 320 g/mol. The Labute approximate surface area is 136 Å². The number of esters is 1. The van der Waals surface area contributed by atoms with Crippen molar-refractivity contribution < 1.29 is 19.1 Å². The molecular weight excluding hydrogens is 296 g/mol. The van der Waals surface area contributed by atoms with Crippen LogP contribution in [0.25, 0.3) is 0 Å². The first-order valence-electron chi connectivity index (χ1n) is 7.75. The average Bonchev–Trinajstić information content (AvgIpc) is 2.47. The number of aryl methyl sites for hydroxylation is 1. The van der Waals surface area contributed by atoms with Gasteiger partial charge in [-0.05, 0) is 38.5 Å². The highest BCUT2D eigenvalue weighted by Gasteiger charge is 2.23. The molecule has 6 nitrogen and oxygen atoms in total. The van der Waals surface area contributed by atoms with E-state index in [1.54, 1.807) is 18.2 Å². The Morgan fingerprint density at radius 3 is 2.57 bits per heavy atom. The van der Waals surface area contributed by atoms with Crippen molar-refractivity contribution in [3.05, 3.63) is 29.3 Å². The molecule has 1 aromatic rings. The van der Waals surface area contributed by atoms with Crippen LogP contribution in [0.5, 0.6) is 0 Å². The van der Waals surface area contributed by atoms with Crippen LogP contribution in [0, 0.1) is 6.92 Å². The Balaban J connectivity index is 2.01. The van der Waals surface area contributed by atoms with E-state index < -0.39 is 5.97 Å². The lowest BCUT2D eigenvalue weighted by molar-refractivity contribution is -0.121. The minimum atomic E-state index is -0.420. The van der Waals surface area contributed by atoms with E-state index in [0.717, 1.165) is 18.7 Å². The van der Waals surface area contributed by atoms with Gasteiger partial charge in [-0.15, -0.1) is 0 Å². The van der Waals surface area contributed by atoms with E-state index in [1.165, 1.54) is 7.11 Å². The van der Waals surface area contributed by atoms with Crippen LogP contribution in [0.2, 0.25) is 0 Å². The predicted molar refractivity (Wildman–Crippen MR) is 87.6 cm³/mol. The molecule has 1 fully saturated rings. The first-order valence-corrected chi connectivity index (χ1v) is 7.75. The minimum absolute atomic E-state index is 0.101. The number of methoxy groups -OCH3 is 1. The Kier molecular flexibility index (Phi) is 5.74. The molecule has 126 valence electrons. The van der Waals surface area contributed by atoms with Crippen molar-refractivity contribution in [1.29, 1.82) is 0 Å². The molecule has 2 atom stereocenters. The van der Waals surface area contributed by atoms with Crippen molar-refractivity contribution in [1.82, 2.24) is 4.90 Å². The quantitative estimate of drug-likeness (QED) is 0.857. The molecule has 0 bridgehead atoms. The molecule has 23 heavy (non-hydrogen) atoms. The molecule has 1 amide bonds. The summed E-state index contributed by atoms with van der Waals surface area (Å²) in [6.07, 6.45) is 0.242. The number of rotatable bonds is 4. The number of carbonyl (C=O) groups is 2. The van der Waals surface area contributed by atoms with Gasteiger partial charge in [-0.2, -0.15) is 0 Å². The van der Waals surface area contributed by atoms with E-state index in [-0.39, 0.29) is 18.1 Å². The number of hydrogen-bond acceptors (Lipinski definition) is 5. The highest BCUT2D eigenvalue weighted by molar-refractivity contribution is 5.96. The number of ether oxygens (including phenoxy) is 2. The molecule has 0 aliphatic carbocycles. The lowest BCUT2D eigenvalue weighted by atomic mass is 10.1. The van der Waals surface area contributed by atoms with Gasteiger partial charge in [-0.1, -0.05) is 6.07 Å². The van der Waals surface area contributed by atoms with Crippen LogP contribution >= 0.6 is 0 Å². The highest BCUT2D eigenvalue weighted by Crippen LogP contribution is 2.18. The van der Waals surface area contributed by atoms with Crippen molar-refractivity contribution in [3.63, 3.8) is 0 Å². The summed E-state index contributed by atoms with van der Waals surface area (Å²) in [6.45, 7) is 7.67. The number of nitrogens with one attached hydrogen (secondary N) is 1. The first-order chi connectivity index (χ1) is 10.9. The lowest BCUT2D eigenvalue weighted by Crippen LogP contribution is -2.48. The minimum Gasteiger partial charge on any atom is -0.465 e. The molecule has 0 spiro atoms. The largest absolute Gasteiger partial charge is 0.465 e. The molecule has 6 heteroatoms.